The Morgan fingerprint density at radius 1 is 0.885 bits per heavy atom. The number of aromatic nitrogens is 4. The summed E-state index contributed by atoms with van der Waals surface area (Å²) in [7, 11) is 0. The molecule has 1 N–H and O–H groups in total. The number of benzene rings is 1. The molecule has 1 fully saturated rings. The highest BCUT2D eigenvalue weighted by molar-refractivity contribution is 5.89. The molecule has 4 rings (SSSR count). The van der Waals surface area contributed by atoms with Gasteiger partial charge in [0.05, 0.1) is 0 Å². The number of carbonyl (C=O) groups is 1. The molecule has 0 bridgehead atoms. The number of anilines is 2. The van der Waals surface area contributed by atoms with Gasteiger partial charge in [-0.2, -0.15) is 5.10 Å². The average molecular weight is 349 g/mol. The molecule has 26 heavy (non-hydrogen) atoms. The van der Waals surface area contributed by atoms with E-state index in [0.29, 0.717) is 18.9 Å². The van der Waals surface area contributed by atoms with Crippen molar-refractivity contribution >= 4 is 17.5 Å². The molecule has 132 valence electrons. The molecular weight excluding hydrogens is 330 g/mol. The first kappa shape index (κ1) is 16.1. The van der Waals surface area contributed by atoms with Crippen LogP contribution < -0.4 is 10.2 Å². The summed E-state index contributed by atoms with van der Waals surface area (Å²) in [6, 6.07) is 15.1. The molecule has 8 nitrogen and oxygen atoms in total. The van der Waals surface area contributed by atoms with Crippen molar-refractivity contribution in [2.75, 3.05) is 36.4 Å². The minimum Gasteiger partial charge on any atom is -0.352 e. The molecule has 2 amide bonds. The van der Waals surface area contributed by atoms with Crippen LogP contribution in [0.15, 0.2) is 60.9 Å². The van der Waals surface area contributed by atoms with Crippen LogP contribution in [0.5, 0.6) is 0 Å². The van der Waals surface area contributed by atoms with Crippen LogP contribution in [0, 0.1) is 0 Å². The molecule has 1 aromatic carbocycles. The summed E-state index contributed by atoms with van der Waals surface area (Å²) < 4.78 is 1.67. The third-order valence-corrected chi connectivity index (χ3v) is 4.29. The van der Waals surface area contributed by atoms with E-state index in [-0.39, 0.29) is 6.03 Å². The molecule has 2 aromatic heterocycles. The van der Waals surface area contributed by atoms with Crippen molar-refractivity contribution in [2.24, 2.45) is 0 Å². The first-order valence-corrected chi connectivity index (χ1v) is 8.49. The Bertz CT molecular complexity index is 841. The normalized spacial score (nSPS) is 14.3. The number of rotatable bonds is 3. The predicted molar refractivity (Wildman–Crippen MR) is 98.4 cm³/mol. The second-order valence-electron chi connectivity index (χ2n) is 5.97. The smallest absolute Gasteiger partial charge is 0.321 e. The van der Waals surface area contributed by atoms with Crippen LogP contribution in [0.4, 0.5) is 16.3 Å². The Morgan fingerprint density at radius 2 is 1.62 bits per heavy atom. The maximum atomic E-state index is 12.3. The molecule has 1 aliphatic rings. The van der Waals surface area contributed by atoms with Crippen molar-refractivity contribution in [3.63, 3.8) is 0 Å². The van der Waals surface area contributed by atoms with Gasteiger partial charge in [0.2, 0.25) is 0 Å². The second-order valence-corrected chi connectivity index (χ2v) is 5.97. The number of para-hydroxylation sites is 1. The van der Waals surface area contributed by atoms with Gasteiger partial charge in [0, 0.05) is 44.3 Å². The standard InChI is InChI=1S/C18H19N7O/c26-18(20-15-5-2-1-3-6-15)24-13-11-23(12-14-24)16-7-8-17(22-21-16)25-10-4-9-19-25/h1-10H,11-14H2,(H,20,26). The molecule has 0 aliphatic carbocycles. The summed E-state index contributed by atoms with van der Waals surface area (Å²) in [6.07, 6.45) is 3.53. The average Bonchev–Trinajstić information content (AvgIpc) is 3.24. The number of urea groups is 1. The van der Waals surface area contributed by atoms with Gasteiger partial charge in [0.25, 0.3) is 0 Å². The van der Waals surface area contributed by atoms with Crippen molar-refractivity contribution in [2.45, 2.75) is 0 Å². The van der Waals surface area contributed by atoms with Crippen molar-refractivity contribution < 1.29 is 4.79 Å². The number of amides is 2. The highest BCUT2D eigenvalue weighted by Gasteiger charge is 2.22. The van der Waals surface area contributed by atoms with E-state index in [1.54, 1.807) is 10.9 Å². The van der Waals surface area contributed by atoms with E-state index in [1.807, 2.05) is 59.6 Å². The van der Waals surface area contributed by atoms with Gasteiger partial charge in [0.1, 0.15) is 0 Å². The Labute approximate surface area is 151 Å². The maximum Gasteiger partial charge on any atom is 0.321 e. The van der Waals surface area contributed by atoms with Crippen molar-refractivity contribution in [1.82, 2.24) is 24.9 Å². The van der Waals surface area contributed by atoms with Crippen LogP contribution in [-0.4, -0.2) is 57.1 Å². The summed E-state index contributed by atoms with van der Waals surface area (Å²) in [6.45, 7) is 2.72. The molecular formula is C18H19N7O. The van der Waals surface area contributed by atoms with E-state index in [9.17, 15) is 4.79 Å². The monoisotopic (exact) mass is 349 g/mol. The lowest BCUT2D eigenvalue weighted by molar-refractivity contribution is 0.208. The van der Waals surface area contributed by atoms with Gasteiger partial charge in [-0.1, -0.05) is 18.2 Å². The van der Waals surface area contributed by atoms with E-state index in [2.05, 4.69) is 25.5 Å². The minimum atomic E-state index is -0.0732. The number of carbonyl (C=O) groups excluding carboxylic acids is 1. The number of nitrogens with zero attached hydrogens (tertiary/aromatic N) is 6. The van der Waals surface area contributed by atoms with Gasteiger partial charge in [-0.3, -0.25) is 0 Å². The fraction of sp³-hybridized carbons (Fsp3) is 0.222. The van der Waals surface area contributed by atoms with E-state index >= 15 is 0 Å². The zero-order chi connectivity index (χ0) is 17.8. The fourth-order valence-electron chi connectivity index (χ4n) is 2.88. The number of hydrogen-bond donors (Lipinski definition) is 1. The van der Waals surface area contributed by atoms with Crippen molar-refractivity contribution in [3.05, 3.63) is 60.9 Å². The molecule has 1 aliphatic heterocycles. The zero-order valence-corrected chi connectivity index (χ0v) is 14.2. The van der Waals surface area contributed by atoms with Crippen LogP contribution in [0.2, 0.25) is 0 Å². The van der Waals surface area contributed by atoms with E-state index in [0.717, 1.165) is 24.6 Å². The topological polar surface area (TPSA) is 79.2 Å². The molecule has 8 heteroatoms. The predicted octanol–water partition coefficient (Wildman–Crippen LogP) is 2.02. The quantitative estimate of drug-likeness (QED) is 0.782. The van der Waals surface area contributed by atoms with E-state index in [4.69, 9.17) is 0 Å². The highest BCUT2D eigenvalue weighted by atomic mass is 16.2. The molecule has 1 saturated heterocycles. The SMILES string of the molecule is O=C(Nc1ccccc1)N1CCN(c2ccc(-n3cccn3)nn2)CC1. The Hall–Kier alpha value is -3.42. The number of piperazine rings is 1. The summed E-state index contributed by atoms with van der Waals surface area (Å²) >= 11 is 0. The van der Waals surface area contributed by atoms with Crippen LogP contribution in [0.1, 0.15) is 0 Å². The maximum absolute atomic E-state index is 12.3. The molecule has 0 saturated carbocycles. The Balaban J connectivity index is 1.34. The molecule has 0 atom stereocenters. The van der Waals surface area contributed by atoms with Gasteiger partial charge in [-0.05, 0) is 30.3 Å². The Morgan fingerprint density at radius 3 is 2.27 bits per heavy atom. The van der Waals surface area contributed by atoms with Crippen molar-refractivity contribution in [3.8, 4) is 5.82 Å². The highest BCUT2D eigenvalue weighted by Crippen LogP contribution is 2.15. The molecule has 3 heterocycles. The van der Waals surface area contributed by atoms with Gasteiger partial charge >= 0.3 is 6.03 Å². The minimum absolute atomic E-state index is 0.0732. The van der Waals surface area contributed by atoms with Crippen LogP contribution >= 0.6 is 0 Å². The van der Waals surface area contributed by atoms with Gasteiger partial charge < -0.3 is 15.1 Å². The van der Waals surface area contributed by atoms with Crippen molar-refractivity contribution in [1.29, 1.82) is 0 Å². The third-order valence-electron chi connectivity index (χ3n) is 4.29. The fourth-order valence-corrected chi connectivity index (χ4v) is 2.88. The molecule has 0 radical (unpaired) electrons. The second kappa shape index (κ2) is 7.22. The van der Waals surface area contributed by atoms with E-state index in [1.165, 1.54) is 0 Å². The summed E-state index contributed by atoms with van der Waals surface area (Å²) in [5, 5.41) is 15.6. The first-order chi connectivity index (χ1) is 12.8. The number of nitrogens with one attached hydrogen (secondary N) is 1. The van der Waals surface area contributed by atoms with Crippen LogP contribution in [0.3, 0.4) is 0 Å². The van der Waals surface area contributed by atoms with E-state index < -0.39 is 0 Å². The largest absolute Gasteiger partial charge is 0.352 e. The lowest BCUT2D eigenvalue weighted by Gasteiger charge is -2.35. The first-order valence-electron chi connectivity index (χ1n) is 8.49. The molecule has 0 unspecified atom stereocenters. The molecule has 3 aromatic rings. The third kappa shape index (κ3) is 3.49. The van der Waals surface area contributed by atoms with Gasteiger partial charge in [-0.25, -0.2) is 9.48 Å². The zero-order valence-electron chi connectivity index (χ0n) is 14.2. The van der Waals surface area contributed by atoms with Gasteiger partial charge in [0.15, 0.2) is 11.6 Å². The number of hydrogen-bond acceptors (Lipinski definition) is 5. The summed E-state index contributed by atoms with van der Waals surface area (Å²) in [4.78, 5) is 16.3. The van der Waals surface area contributed by atoms with Gasteiger partial charge in [-0.15, -0.1) is 10.2 Å². The summed E-state index contributed by atoms with van der Waals surface area (Å²) in [5.41, 5.74) is 0.806. The lowest BCUT2D eigenvalue weighted by atomic mass is 10.3. The lowest BCUT2D eigenvalue weighted by Crippen LogP contribution is -2.50. The van der Waals surface area contributed by atoms with Crippen LogP contribution in [0.25, 0.3) is 5.82 Å². The Kier molecular flexibility index (Phi) is 4.46. The molecule has 0 spiro atoms. The van der Waals surface area contributed by atoms with Crippen LogP contribution in [-0.2, 0) is 0 Å². The summed E-state index contributed by atoms with van der Waals surface area (Å²) in [5.74, 6) is 1.49.